The lowest BCUT2D eigenvalue weighted by molar-refractivity contribution is -0.128. The van der Waals surface area contributed by atoms with Crippen molar-refractivity contribution in [3.8, 4) is 0 Å². The molecular weight excluding hydrogens is 477 g/mol. The zero-order chi connectivity index (χ0) is 26.0. The highest BCUT2D eigenvalue weighted by Gasteiger charge is 2.54. The van der Waals surface area contributed by atoms with E-state index >= 15 is 0 Å². The number of aryl methyl sites for hydroxylation is 1. The number of piperidine rings is 1. The maximum Gasteiger partial charge on any atom is 0.257 e. The van der Waals surface area contributed by atoms with E-state index in [1.807, 2.05) is 19.1 Å². The van der Waals surface area contributed by atoms with Gasteiger partial charge in [-0.05, 0) is 55.7 Å². The standard InChI is InChI=1S/C28H32FN3O5/c1-19-5-2-3-7-23(19)27(35)32-24(25(33)30-17-22-6-4-16-36-22)18-37-28(32)12-14-31(15-13-28)26(34)20-8-10-21(29)11-9-20/h2-3,5,7-11,22,24H,4,6,12-18H2,1H3,(H,30,33)/t22-,24+/m1/s1. The Hall–Kier alpha value is -3.30. The van der Waals surface area contributed by atoms with Crippen LogP contribution in [0.5, 0.6) is 0 Å². The number of hydrogen-bond acceptors (Lipinski definition) is 5. The quantitative estimate of drug-likeness (QED) is 0.670. The summed E-state index contributed by atoms with van der Waals surface area (Å²) in [5, 5.41) is 2.96. The van der Waals surface area contributed by atoms with Gasteiger partial charge in [-0.1, -0.05) is 18.2 Å². The first kappa shape index (κ1) is 25.4. The van der Waals surface area contributed by atoms with Gasteiger partial charge in [-0.25, -0.2) is 4.39 Å². The van der Waals surface area contributed by atoms with E-state index in [1.165, 1.54) is 24.3 Å². The zero-order valence-corrected chi connectivity index (χ0v) is 21.0. The van der Waals surface area contributed by atoms with Crippen LogP contribution in [0.1, 0.15) is 52.0 Å². The van der Waals surface area contributed by atoms with Crippen LogP contribution in [0.25, 0.3) is 0 Å². The van der Waals surface area contributed by atoms with Crippen molar-refractivity contribution in [3.63, 3.8) is 0 Å². The molecule has 2 aromatic rings. The van der Waals surface area contributed by atoms with Gasteiger partial charge in [0, 0.05) is 50.2 Å². The van der Waals surface area contributed by atoms with Crippen LogP contribution >= 0.6 is 0 Å². The summed E-state index contributed by atoms with van der Waals surface area (Å²) in [6.45, 7) is 3.74. The Kier molecular flexibility index (Phi) is 7.26. The van der Waals surface area contributed by atoms with Crippen molar-refractivity contribution in [1.29, 1.82) is 0 Å². The first-order chi connectivity index (χ1) is 17.9. The van der Waals surface area contributed by atoms with Crippen LogP contribution in [0.2, 0.25) is 0 Å². The van der Waals surface area contributed by atoms with Gasteiger partial charge in [-0.15, -0.1) is 0 Å². The lowest BCUT2D eigenvalue weighted by Crippen LogP contribution is -2.60. The molecule has 3 fully saturated rings. The van der Waals surface area contributed by atoms with E-state index in [1.54, 1.807) is 21.9 Å². The summed E-state index contributed by atoms with van der Waals surface area (Å²) in [6, 6.07) is 12.0. The molecule has 0 aliphatic carbocycles. The highest BCUT2D eigenvalue weighted by Crippen LogP contribution is 2.39. The van der Waals surface area contributed by atoms with Gasteiger partial charge in [0.1, 0.15) is 17.6 Å². The lowest BCUT2D eigenvalue weighted by atomic mass is 9.95. The van der Waals surface area contributed by atoms with Crippen LogP contribution in [-0.2, 0) is 14.3 Å². The van der Waals surface area contributed by atoms with Crippen molar-refractivity contribution < 1.29 is 28.2 Å². The number of rotatable bonds is 5. The number of ether oxygens (including phenoxy) is 2. The summed E-state index contributed by atoms with van der Waals surface area (Å²) >= 11 is 0. The number of hydrogen-bond donors (Lipinski definition) is 1. The molecule has 3 amide bonds. The highest BCUT2D eigenvalue weighted by atomic mass is 19.1. The molecule has 5 rings (SSSR count). The predicted octanol–water partition coefficient (Wildman–Crippen LogP) is 2.90. The topological polar surface area (TPSA) is 88.2 Å². The van der Waals surface area contributed by atoms with E-state index in [9.17, 15) is 18.8 Å². The fourth-order valence-electron chi connectivity index (χ4n) is 5.48. The second-order valence-corrected chi connectivity index (χ2v) is 9.94. The van der Waals surface area contributed by atoms with Crippen molar-refractivity contribution in [2.75, 3.05) is 32.8 Å². The molecule has 1 N–H and O–H groups in total. The number of nitrogens with one attached hydrogen (secondary N) is 1. The molecule has 3 saturated heterocycles. The Morgan fingerprint density at radius 1 is 1.05 bits per heavy atom. The van der Waals surface area contributed by atoms with Crippen LogP contribution in [-0.4, -0.2) is 78.2 Å². The van der Waals surface area contributed by atoms with Gasteiger partial charge in [0.15, 0.2) is 0 Å². The van der Waals surface area contributed by atoms with Gasteiger partial charge in [0.25, 0.3) is 11.8 Å². The summed E-state index contributed by atoms with van der Waals surface area (Å²) in [7, 11) is 0. The second kappa shape index (κ2) is 10.6. The second-order valence-electron chi connectivity index (χ2n) is 9.94. The van der Waals surface area contributed by atoms with E-state index in [0.29, 0.717) is 50.2 Å². The fourth-order valence-corrected chi connectivity index (χ4v) is 5.48. The molecule has 3 aliphatic rings. The Labute approximate surface area is 215 Å². The predicted molar refractivity (Wildman–Crippen MR) is 133 cm³/mol. The maximum absolute atomic E-state index is 13.9. The number of carbonyl (C=O) groups is 3. The van der Waals surface area contributed by atoms with Gasteiger partial charge in [-0.3, -0.25) is 19.3 Å². The van der Waals surface area contributed by atoms with Crippen molar-refractivity contribution in [1.82, 2.24) is 15.1 Å². The van der Waals surface area contributed by atoms with Gasteiger partial charge in [0.05, 0.1) is 12.7 Å². The molecule has 3 aliphatic heterocycles. The number of carbonyl (C=O) groups excluding carboxylic acids is 3. The number of halogens is 1. The van der Waals surface area contributed by atoms with Gasteiger partial charge >= 0.3 is 0 Å². The summed E-state index contributed by atoms with van der Waals surface area (Å²) < 4.78 is 25.2. The highest BCUT2D eigenvalue weighted by molar-refractivity contribution is 5.99. The van der Waals surface area contributed by atoms with E-state index in [-0.39, 0.29) is 30.4 Å². The van der Waals surface area contributed by atoms with Crippen LogP contribution in [0.15, 0.2) is 48.5 Å². The molecule has 1 spiro atoms. The van der Waals surface area contributed by atoms with Crippen molar-refractivity contribution in [2.24, 2.45) is 0 Å². The van der Waals surface area contributed by atoms with Gasteiger partial charge in [-0.2, -0.15) is 0 Å². The summed E-state index contributed by atoms with van der Waals surface area (Å²) in [5.74, 6) is -1.12. The molecule has 2 atom stereocenters. The van der Waals surface area contributed by atoms with E-state index in [0.717, 1.165) is 18.4 Å². The van der Waals surface area contributed by atoms with Crippen molar-refractivity contribution in [3.05, 3.63) is 71.0 Å². The molecule has 0 aromatic heterocycles. The molecule has 0 unspecified atom stereocenters. The number of likely N-dealkylation sites (tertiary alicyclic amines) is 1. The Morgan fingerprint density at radius 2 is 1.78 bits per heavy atom. The van der Waals surface area contributed by atoms with Crippen LogP contribution in [0.4, 0.5) is 4.39 Å². The largest absolute Gasteiger partial charge is 0.376 e. The molecule has 3 heterocycles. The van der Waals surface area contributed by atoms with E-state index in [4.69, 9.17) is 9.47 Å². The molecule has 0 bridgehead atoms. The van der Waals surface area contributed by atoms with Crippen LogP contribution in [0.3, 0.4) is 0 Å². The smallest absolute Gasteiger partial charge is 0.257 e. The average molecular weight is 510 g/mol. The molecule has 0 saturated carbocycles. The number of nitrogens with zero attached hydrogens (tertiary/aromatic N) is 2. The molecule has 37 heavy (non-hydrogen) atoms. The molecule has 2 aromatic carbocycles. The first-order valence-electron chi connectivity index (χ1n) is 12.9. The van der Waals surface area contributed by atoms with Gasteiger partial charge < -0.3 is 19.7 Å². The third-order valence-electron chi connectivity index (χ3n) is 7.61. The van der Waals surface area contributed by atoms with Crippen molar-refractivity contribution >= 4 is 17.7 Å². The molecule has 196 valence electrons. The molecular formula is C28H32FN3O5. The molecule has 9 heteroatoms. The molecule has 0 radical (unpaired) electrons. The third-order valence-corrected chi connectivity index (χ3v) is 7.61. The third kappa shape index (κ3) is 5.10. The summed E-state index contributed by atoms with van der Waals surface area (Å²) in [4.78, 5) is 43.5. The minimum Gasteiger partial charge on any atom is -0.376 e. The number of amides is 3. The van der Waals surface area contributed by atoms with Crippen LogP contribution < -0.4 is 5.32 Å². The SMILES string of the molecule is Cc1ccccc1C(=O)N1[C@H](C(=O)NC[C@H]2CCCO2)COC12CCN(C(=O)c1ccc(F)cc1)CC2. The Bertz CT molecular complexity index is 1160. The summed E-state index contributed by atoms with van der Waals surface area (Å²) in [6.07, 6.45) is 2.60. The summed E-state index contributed by atoms with van der Waals surface area (Å²) in [5.41, 5.74) is 0.750. The fraction of sp³-hybridized carbons (Fsp3) is 0.464. The Balaban J connectivity index is 1.35. The number of benzene rings is 2. The maximum atomic E-state index is 13.9. The van der Waals surface area contributed by atoms with E-state index < -0.39 is 17.6 Å². The monoisotopic (exact) mass is 509 g/mol. The minimum atomic E-state index is -0.995. The van der Waals surface area contributed by atoms with Crippen molar-refractivity contribution in [2.45, 2.75) is 50.5 Å². The first-order valence-corrected chi connectivity index (χ1v) is 12.9. The zero-order valence-electron chi connectivity index (χ0n) is 21.0. The normalized spacial score (nSPS) is 22.9. The lowest BCUT2D eigenvalue weighted by Gasteiger charge is -2.44. The molecule has 8 nitrogen and oxygen atoms in total. The van der Waals surface area contributed by atoms with E-state index in [2.05, 4.69) is 5.32 Å². The Morgan fingerprint density at radius 3 is 2.46 bits per heavy atom. The van der Waals surface area contributed by atoms with Gasteiger partial charge in [0.2, 0.25) is 5.91 Å². The average Bonchev–Trinajstić information content (AvgIpc) is 3.56. The van der Waals surface area contributed by atoms with Crippen LogP contribution in [0, 0.1) is 12.7 Å². The minimum absolute atomic E-state index is 0.0125.